The highest BCUT2D eigenvalue weighted by molar-refractivity contribution is 8.00. The first kappa shape index (κ1) is 32.1. The molecular formula is C24H30N10O8S2+2. The summed E-state index contributed by atoms with van der Waals surface area (Å²) in [4.78, 5) is 76.5. The number of nitrogens with one attached hydrogen (secondary N) is 2. The van der Waals surface area contributed by atoms with Crippen LogP contribution in [0.4, 0.5) is 16.6 Å². The molecule has 1 saturated heterocycles. The van der Waals surface area contributed by atoms with Gasteiger partial charge < -0.3 is 42.9 Å². The zero-order valence-corrected chi connectivity index (χ0v) is 25.1. The molecule has 2 atom stereocenters. The van der Waals surface area contributed by atoms with Gasteiger partial charge in [0.2, 0.25) is 11.5 Å². The predicted molar refractivity (Wildman–Crippen MR) is 155 cm³/mol. The zero-order chi connectivity index (χ0) is 32.3. The molecule has 0 spiro atoms. The van der Waals surface area contributed by atoms with Crippen molar-refractivity contribution in [1.82, 2.24) is 20.2 Å². The highest BCUT2D eigenvalue weighted by Crippen LogP contribution is 2.40. The third-order valence-corrected chi connectivity index (χ3v) is 8.38. The summed E-state index contributed by atoms with van der Waals surface area (Å²) >= 11 is 2.23. The molecule has 2 unspecified atom stereocenters. The molecule has 20 heteroatoms. The van der Waals surface area contributed by atoms with E-state index in [1.165, 1.54) is 48.1 Å². The minimum absolute atomic E-state index is 0.00410. The number of β-lactam (4-membered cyclic amide) rings is 1. The average Bonchev–Trinajstić information content (AvgIpc) is 3.38. The van der Waals surface area contributed by atoms with Crippen LogP contribution < -0.4 is 32.4 Å². The monoisotopic (exact) mass is 650 g/mol. The van der Waals surface area contributed by atoms with Gasteiger partial charge in [0.25, 0.3) is 24.0 Å². The summed E-state index contributed by atoms with van der Waals surface area (Å²) in [7, 11) is 0. The standard InChI is InChI=1S/C24H28N10O8S2/c1-24(2,22(40)41)42-32-14(12-8-44-23(27)30-12)18(36)31-15-19(37)34-16(21(38)39)10(7-43-20(15)34)5-33-6-11(17(26)28-9-33)29-13(35)3-4-25/h6,8-9,15,20,26H,3-5,7,25H2,1-2H3,(H6,27,29,30,31,35,36,38,39,40,41)/p+2. The van der Waals surface area contributed by atoms with Crippen molar-refractivity contribution in [3.8, 4) is 0 Å². The molecule has 2 aromatic heterocycles. The summed E-state index contributed by atoms with van der Waals surface area (Å²) in [6.07, 6.45) is 3.05. The minimum Gasteiger partial charge on any atom is -0.478 e. The van der Waals surface area contributed by atoms with Gasteiger partial charge in [-0.2, -0.15) is 0 Å². The second kappa shape index (κ2) is 12.8. The van der Waals surface area contributed by atoms with Crippen LogP contribution >= 0.6 is 23.1 Å². The lowest BCUT2D eigenvalue weighted by atomic mass is 10.0. The van der Waals surface area contributed by atoms with Gasteiger partial charge in [0.1, 0.15) is 35.5 Å². The Morgan fingerprint density at radius 2 is 2.02 bits per heavy atom. The van der Waals surface area contributed by atoms with Gasteiger partial charge in [0.15, 0.2) is 16.5 Å². The summed E-state index contributed by atoms with van der Waals surface area (Å²) in [5, 5.41) is 29.0. The van der Waals surface area contributed by atoms with Crippen molar-refractivity contribution in [2.24, 2.45) is 5.16 Å². The molecule has 44 heavy (non-hydrogen) atoms. The van der Waals surface area contributed by atoms with Crippen LogP contribution in [0, 0.1) is 0 Å². The SMILES string of the molecule is CC(C)(ON=C(C(=O)NC1C(=O)N2C(C(=O)O)=C(C[n+]3cnc(N)c(NC(=O)CC[NH3+])c3)CSC12)c1csc(N)n1)C(=O)O. The maximum absolute atomic E-state index is 13.3. The van der Waals surface area contributed by atoms with Crippen LogP contribution in [-0.4, -0.2) is 89.8 Å². The van der Waals surface area contributed by atoms with Crippen molar-refractivity contribution in [3.05, 3.63) is 34.9 Å². The van der Waals surface area contributed by atoms with Gasteiger partial charge in [-0.15, -0.1) is 23.1 Å². The second-order valence-electron chi connectivity index (χ2n) is 10.0. The summed E-state index contributed by atoms with van der Waals surface area (Å²) in [5.41, 5.74) is 13.4. The van der Waals surface area contributed by atoms with Crippen molar-refractivity contribution < 1.29 is 49.3 Å². The Kier molecular flexibility index (Phi) is 9.35. The fourth-order valence-corrected chi connectivity index (χ4v) is 5.94. The number of nitrogens with zero attached hydrogens (tertiary/aromatic N) is 5. The van der Waals surface area contributed by atoms with Gasteiger partial charge in [-0.05, 0) is 18.8 Å². The number of fused-ring (bicyclic) bond motifs is 1. The first-order chi connectivity index (χ1) is 20.7. The van der Waals surface area contributed by atoms with Gasteiger partial charge in [0.05, 0.1) is 13.0 Å². The van der Waals surface area contributed by atoms with E-state index in [-0.39, 0.29) is 52.7 Å². The number of carbonyl (C=O) groups is 5. The van der Waals surface area contributed by atoms with E-state index in [0.717, 1.165) is 16.2 Å². The number of hydrogen-bond donors (Lipinski definition) is 7. The van der Waals surface area contributed by atoms with Crippen LogP contribution in [0.5, 0.6) is 0 Å². The number of carboxylic acids is 2. The van der Waals surface area contributed by atoms with Crippen LogP contribution in [0.2, 0.25) is 0 Å². The number of nitrogens with two attached hydrogens (primary N) is 2. The number of nitrogen functional groups attached to an aromatic ring is 2. The molecule has 234 valence electrons. The van der Waals surface area contributed by atoms with Crippen molar-refractivity contribution in [2.45, 2.75) is 43.8 Å². The molecule has 2 aromatic rings. The molecule has 18 nitrogen and oxygen atoms in total. The first-order valence-corrected chi connectivity index (χ1v) is 14.8. The summed E-state index contributed by atoms with van der Waals surface area (Å²) in [6.45, 7) is 2.86. The smallest absolute Gasteiger partial charge is 0.352 e. The third-order valence-electron chi connectivity index (χ3n) is 6.36. The van der Waals surface area contributed by atoms with Crippen molar-refractivity contribution in [3.63, 3.8) is 0 Å². The Labute approximate surface area is 257 Å². The zero-order valence-electron chi connectivity index (χ0n) is 23.5. The molecule has 1 fully saturated rings. The van der Waals surface area contributed by atoms with Crippen LogP contribution in [0.3, 0.4) is 0 Å². The van der Waals surface area contributed by atoms with Gasteiger partial charge >= 0.3 is 11.9 Å². The lowest BCUT2D eigenvalue weighted by Gasteiger charge is -2.49. The molecule has 4 heterocycles. The Bertz CT molecular complexity index is 1590. The molecule has 0 aromatic carbocycles. The van der Waals surface area contributed by atoms with E-state index in [9.17, 15) is 34.2 Å². The summed E-state index contributed by atoms with van der Waals surface area (Å²) in [5.74, 6) is -4.33. The van der Waals surface area contributed by atoms with Crippen LogP contribution in [0.25, 0.3) is 0 Å². The van der Waals surface area contributed by atoms with E-state index >= 15 is 0 Å². The molecule has 4 rings (SSSR count). The third kappa shape index (κ3) is 6.71. The predicted octanol–water partition coefficient (Wildman–Crippen LogP) is -2.42. The Morgan fingerprint density at radius 1 is 1.30 bits per heavy atom. The number of thiazole rings is 1. The number of hydrogen-bond acceptors (Lipinski definition) is 13. The number of quaternary nitrogens is 1. The van der Waals surface area contributed by atoms with Crippen LogP contribution in [0.15, 0.2) is 34.3 Å². The molecule has 0 radical (unpaired) electrons. The highest BCUT2D eigenvalue weighted by atomic mass is 32.2. The largest absolute Gasteiger partial charge is 0.478 e. The van der Waals surface area contributed by atoms with Gasteiger partial charge in [-0.1, -0.05) is 5.16 Å². The highest BCUT2D eigenvalue weighted by Gasteiger charge is 2.54. The fraction of sp³-hybridized carbons (Fsp3) is 0.375. The lowest BCUT2D eigenvalue weighted by molar-refractivity contribution is -0.691. The fourth-order valence-electron chi connectivity index (χ4n) is 4.06. The van der Waals surface area contributed by atoms with Crippen LogP contribution in [0.1, 0.15) is 26.0 Å². The number of oxime groups is 1. The van der Waals surface area contributed by atoms with E-state index in [1.54, 1.807) is 0 Å². The number of carbonyl (C=O) groups excluding carboxylic acids is 3. The van der Waals surface area contributed by atoms with Crippen molar-refractivity contribution in [1.29, 1.82) is 0 Å². The maximum Gasteiger partial charge on any atom is 0.352 e. The number of aromatic nitrogens is 3. The molecule has 0 aliphatic carbocycles. The molecule has 11 N–H and O–H groups in total. The van der Waals surface area contributed by atoms with Crippen molar-refractivity contribution >= 4 is 75.1 Å². The normalized spacial score (nSPS) is 18.3. The lowest BCUT2D eigenvalue weighted by Crippen LogP contribution is -2.71. The Balaban J connectivity index is 1.54. The summed E-state index contributed by atoms with van der Waals surface area (Å²) < 4.78 is 1.53. The number of rotatable bonds is 12. The number of thioether (sulfide) groups is 1. The summed E-state index contributed by atoms with van der Waals surface area (Å²) in [6, 6.07) is -1.13. The first-order valence-electron chi connectivity index (χ1n) is 12.9. The number of aliphatic carboxylic acids is 2. The van der Waals surface area contributed by atoms with E-state index < -0.39 is 46.5 Å². The minimum atomic E-state index is -1.79. The molecule has 0 saturated carbocycles. The van der Waals surface area contributed by atoms with Crippen LogP contribution in [-0.2, 0) is 35.4 Å². The number of amides is 3. The Hall–Kier alpha value is -4.82. The molecular weight excluding hydrogens is 620 g/mol. The average molecular weight is 651 g/mol. The molecule has 2 aliphatic heterocycles. The van der Waals surface area contributed by atoms with Gasteiger partial charge in [0, 0.05) is 16.7 Å². The second-order valence-corrected chi connectivity index (χ2v) is 12.0. The van der Waals surface area contributed by atoms with Crippen molar-refractivity contribution in [2.75, 3.05) is 29.1 Å². The topological polar surface area (TPSA) is 284 Å². The quantitative estimate of drug-likeness (QED) is 0.0546. The maximum atomic E-state index is 13.3. The van der Waals surface area contributed by atoms with E-state index in [2.05, 4.69) is 31.5 Å². The molecule has 3 amide bonds. The van der Waals surface area contributed by atoms with E-state index in [4.69, 9.17) is 16.3 Å². The molecule has 2 aliphatic rings. The Morgan fingerprint density at radius 3 is 2.64 bits per heavy atom. The van der Waals surface area contributed by atoms with E-state index in [1.807, 2.05) is 0 Å². The number of anilines is 3. The van der Waals surface area contributed by atoms with E-state index in [0.29, 0.717) is 12.1 Å². The van der Waals surface area contributed by atoms with Gasteiger partial charge in [-0.25, -0.2) is 19.1 Å². The molecule has 0 bridgehead atoms. The number of carboxylic acid groups (broad SMARTS) is 2. The van der Waals surface area contributed by atoms with Gasteiger partial charge in [-0.3, -0.25) is 19.3 Å².